The fourth-order valence-electron chi connectivity index (χ4n) is 3.08. The smallest absolute Gasteiger partial charge is 0.220 e. The molecule has 0 bridgehead atoms. The van der Waals surface area contributed by atoms with Crippen LogP contribution in [0.25, 0.3) is 0 Å². The molecule has 2 heteroatoms. The highest BCUT2D eigenvalue weighted by molar-refractivity contribution is 5.79. The number of benzene rings is 1. The van der Waals surface area contributed by atoms with E-state index in [4.69, 9.17) is 0 Å². The summed E-state index contributed by atoms with van der Waals surface area (Å²) in [7, 11) is 0. The largest absolute Gasteiger partial charge is 0.349 e. The molecule has 1 fully saturated rings. The van der Waals surface area contributed by atoms with Gasteiger partial charge in [0, 0.05) is 6.42 Å². The van der Waals surface area contributed by atoms with Crippen molar-refractivity contribution in [3.63, 3.8) is 0 Å². The lowest BCUT2D eigenvalue weighted by atomic mass is 9.75. The van der Waals surface area contributed by atoms with Gasteiger partial charge in [-0.3, -0.25) is 4.79 Å². The van der Waals surface area contributed by atoms with Crippen LogP contribution in [0.1, 0.15) is 42.9 Å². The Bertz CT molecular complexity index is 413. The Morgan fingerprint density at radius 1 is 1.27 bits per heavy atom. The molecule has 0 aromatic heterocycles. The van der Waals surface area contributed by atoms with Crippen molar-refractivity contribution in [3.05, 3.63) is 35.4 Å². The van der Waals surface area contributed by atoms with Crippen molar-refractivity contribution in [2.75, 3.05) is 0 Å². The molecule has 1 aromatic rings. The fourth-order valence-corrected chi connectivity index (χ4v) is 3.08. The van der Waals surface area contributed by atoms with Crippen molar-refractivity contribution in [2.45, 2.75) is 31.7 Å². The average Bonchev–Trinajstić information content (AvgIpc) is 2.59. The van der Waals surface area contributed by atoms with Gasteiger partial charge in [-0.1, -0.05) is 31.2 Å². The van der Waals surface area contributed by atoms with Crippen molar-refractivity contribution < 1.29 is 4.79 Å². The van der Waals surface area contributed by atoms with Gasteiger partial charge in [-0.05, 0) is 29.4 Å². The average molecular weight is 201 g/mol. The zero-order chi connectivity index (χ0) is 10.4. The summed E-state index contributed by atoms with van der Waals surface area (Å²) in [5.74, 6) is 1.33. The maximum absolute atomic E-state index is 11.4. The SMILES string of the molecule is C[C@@H]1C[C@H]2CC(=O)N[C@H]2c2ccccc21. The van der Waals surface area contributed by atoms with Crippen molar-refractivity contribution >= 4 is 5.91 Å². The maximum Gasteiger partial charge on any atom is 0.220 e. The molecule has 1 heterocycles. The van der Waals surface area contributed by atoms with Crippen LogP contribution in [0.4, 0.5) is 0 Å². The molecule has 1 amide bonds. The van der Waals surface area contributed by atoms with Gasteiger partial charge in [0.2, 0.25) is 5.91 Å². The third kappa shape index (κ3) is 1.28. The molecule has 0 radical (unpaired) electrons. The lowest BCUT2D eigenvalue weighted by Crippen LogP contribution is -2.26. The first kappa shape index (κ1) is 8.96. The van der Waals surface area contributed by atoms with Crippen LogP contribution in [0.2, 0.25) is 0 Å². The van der Waals surface area contributed by atoms with Gasteiger partial charge >= 0.3 is 0 Å². The number of nitrogens with one attached hydrogen (secondary N) is 1. The number of fused-ring (bicyclic) bond motifs is 3. The first-order valence-corrected chi connectivity index (χ1v) is 5.64. The first-order valence-electron chi connectivity index (χ1n) is 5.64. The van der Waals surface area contributed by atoms with Crippen molar-refractivity contribution in [1.29, 1.82) is 0 Å². The molecule has 1 aromatic carbocycles. The van der Waals surface area contributed by atoms with Crippen molar-refractivity contribution in [3.8, 4) is 0 Å². The topological polar surface area (TPSA) is 29.1 Å². The van der Waals surface area contributed by atoms with Crippen LogP contribution in [0, 0.1) is 5.92 Å². The molecular weight excluding hydrogens is 186 g/mol. The van der Waals surface area contributed by atoms with E-state index in [1.165, 1.54) is 11.1 Å². The maximum atomic E-state index is 11.4. The van der Waals surface area contributed by atoms with Gasteiger partial charge in [-0.15, -0.1) is 0 Å². The van der Waals surface area contributed by atoms with Crippen LogP contribution in [0.3, 0.4) is 0 Å². The third-order valence-electron chi connectivity index (χ3n) is 3.75. The van der Waals surface area contributed by atoms with E-state index in [0.717, 1.165) is 6.42 Å². The third-order valence-corrected chi connectivity index (χ3v) is 3.75. The monoisotopic (exact) mass is 201 g/mol. The normalized spacial score (nSPS) is 33.1. The molecule has 3 rings (SSSR count). The van der Waals surface area contributed by atoms with E-state index >= 15 is 0 Å². The minimum atomic E-state index is 0.217. The number of rotatable bonds is 0. The van der Waals surface area contributed by atoms with E-state index in [0.29, 0.717) is 18.3 Å². The highest BCUT2D eigenvalue weighted by atomic mass is 16.2. The van der Waals surface area contributed by atoms with E-state index in [9.17, 15) is 4.79 Å². The van der Waals surface area contributed by atoms with Gasteiger partial charge in [-0.2, -0.15) is 0 Å². The lowest BCUT2D eigenvalue weighted by Gasteiger charge is -2.31. The van der Waals surface area contributed by atoms with E-state index in [1.54, 1.807) is 0 Å². The Kier molecular flexibility index (Phi) is 1.84. The lowest BCUT2D eigenvalue weighted by molar-refractivity contribution is -0.119. The number of hydrogen-bond donors (Lipinski definition) is 1. The highest BCUT2D eigenvalue weighted by Crippen LogP contribution is 2.44. The van der Waals surface area contributed by atoms with E-state index in [2.05, 4.69) is 36.5 Å². The molecular formula is C13H15NO. The summed E-state index contributed by atoms with van der Waals surface area (Å²) in [6.45, 7) is 2.26. The van der Waals surface area contributed by atoms with Crippen LogP contribution >= 0.6 is 0 Å². The van der Waals surface area contributed by atoms with Gasteiger partial charge < -0.3 is 5.32 Å². The second-order valence-corrected chi connectivity index (χ2v) is 4.78. The summed E-state index contributed by atoms with van der Waals surface area (Å²) in [5, 5.41) is 3.09. The number of hydrogen-bond acceptors (Lipinski definition) is 1. The quantitative estimate of drug-likeness (QED) is 0.686. The van der Waals surface area contributed by atoms with E-state index < -0.39 is 0 Å². The Labute approximate surface area is 89.7 Å². The molecule has 1 saturated heterocycles. The van der Waals surface area contributed by atoms with Gasteiger partial charge in [0.15, 0.2) is 0 Å². The predicted octanol–water partition coefficient (Wildman–Crippen LogP) is 2.37. The van der Waals surface area contributed by atoms with Gasteiger partial charge in [0.05, 0.1) is 6.04 Å². The van der Waals surface area contributed by atoms with Gasteiger partial charge in [0.1, 0.15) is 0 Å². The summed E-state index contributed by atoms with van der Waals surface area (Å²) in [4.78, 5) is 11.4. The molecule has 0 unspecified atom stereocenters. The van der Waals surface area contributed by atoms with Gasteiger partial charge in [0.25, 0.3) is 0 Å². The van der Waals surface area contributed by atoms with Crippen LogP contribution in [-0.4, -0.2) is 5.91 Å². The van der Waals surface area contributed by atoms with Crippen LogP contribution in [0.5, 0.6) is 0 Å². The first-order chi connectivity index (χ1) is 7.25. The van der Waals surface area contributed by atoms with Crippen molar-refractivity contribution in [1.82, 2.24) is 5.32 Å². The molecule has 2 aliphatic rings. The highest BCUT2D eigenvalue weighted by Gasteiger charge is 2.39. The molecule has 3 atom stereocenters. The molecule has 1 aliphatic carbocycles. The van der Waals surface area contributed by atoms with E-state index in [1.807, 2.05) is 0 Å². The van der Waals surface area contributed by atoms with Crippen LogP contribution in [0.15, 0.2) is 24.3 Å². The summed E-state index contributed by atoms with van der Waals surface area (Å²) < 4.78 is 0. The summed E-state index contributed by atoms with van der Waals surface area (Å²) in [6, 6.07) is 8.80. The molecule has 0 saturated carbocycles. The second kappa shape index (κ2) is 3.09. The van der Waals surface area contributed by atoms with Crippen molar-refractivity contribution in [2.24, 2.45) is 5.92 Å². The summed E-state index contributed by atoms with van der Waals surface area (Å²) in [5.41, 5.74) is 2.76. The Morgan fingerprint density at radius 3 is 2.80 bits per heavy atom. The zero-order valence-electron chi connectivity index (χ0n) is 8.86. The standard InChI is InChI=1S/C13H15NO/c1-8-6-9-7-12(15)14-13(9)11-5-3-2-4-10(8)11/h2-5,8-9,13H,6-7H2,1H3,(H,14,15)/t8-,9+,13-/m1/s1. The molecule has 1 N–H and O–H groups in total. The Balaban J connectivity index is 2.08. The molecule has 78 valence electrons. The second-order valence-electron chi connectivity index (χ2n) is 4.78. The Morgan fingerprint density at radius 2 is 2.00 bits per heavy atom. The molecule has 0 spiro atoms. The van der Waals surface area contributed by atoms with Gasteiger partial charge in [-0.25, -0.2) is 0 Å². The number of amides is 1. The molecule has 15 heavy (non-hydrogen) atoms. The van der Waals surface area contributed by atoms with Crippen LogP contribution in [-0.2, 0) is 4.79 Å². The zero-order valence-corrected chi connectivity index (χ0v) is 8.86. The van der Waals surface area contributed by atoms with E-state index in [-0.39, 0.29) is 11.9 Å². The number of carbonyl (C=O) groups excluding carboxylic acids is 1. The molecule has 2 nitrogen and oxygen atoms in total. The summed E-state index contributed by atoms with van der Waals surface area (Å²) in [6.07, 6.45) is 1.85. The Hall–Kier alpha value is -1.31. The van der Waals surface area contributed by atoms with Crippen LogP contribution < -0.4 is 5.32 Å². The molecule has 1 aliphatic heterocycles. The number of carbonyl (C=O) groups is 1. The predicted molar refractivity (Wildman–Crippen MR) is 58.5 cm³/mol. The minimum Gasteiger partial charge on any atom is -0.349 e. The fraction of sp³-hybridized carbons (Fsp3) is 0.462. The minimum absolute atomic E-state index is 0.217. The summed E-state index contributed by atoms with van der Waals surface area (Å²) >= 11 is 0.